The van der Waals surface area contributed by atoms with E-state index >= 15 is 0 Å². The Kier molecular flexibility index (Phi) is 10.9. The zero-order chi connectivity index (χ0) is 41.6. The SMILES string of the molecule is Cc1ccc([B-](c2ccc(C)cc2)(c2ccc(C)cc2)c2ccc(C)cc2)cc1.Cc1ccc2c(c1)C(C)(C)C(/C=C/C=C1/N(C)c3ccc(C)cc3C1(C)C)=[N+]2C. The van der Waals surface area contributed by atoms with Crippen molar-refractivity contribution < 1.29 is 4.58 Å². The summed E-state index contributed by atoms with van der Waals surface area (Å²) in [5.74, 6) is 0. The molecule has 2 aliphatic rings. The lowest BCUT2D eigenvalue weighted by molar-refractivity contribution is -0.401. The van der Waals surface area contributed by atoms with Crippen molar-refractivity contribution in [1.82, 2.24) is 0 Å². The van der Waals surface area contributed by atoms with E-state index in [0.717, 1.165) is 0 Å². The minimum Gasteiger partial charge on any atom is -0.347 e. The van der Waals surface area contributed by atoms with Crippen LogP contribution in [-0.4, -0.2) is 30.5 Å². The standard InChI is InChI=1S/C28H28B.C27H33N2/c1-21-5-13-25(14-6-21)29(26-15-7-22(2)8-16-26,27-17-9-23(3)10-18-27)28-19-11-24(4)12-20-28;1-18-12-14-22-20(16-18)26(3,4)24(28(22)7)10-9-11-25-27(5,6)21-17-19(2)13-15-23(21)29(25)8/h5-20H,1-4H3;9-17H,1-8H3/q-1;+1. The molecule has 0 spiro atoms. The van der Waals surface area contributed by atoms with E-state index in [9.17, 15) is 0 Å². The number of hydrogen-bond acceptors (Lipinski definition) is 1. The Morgan fingerprint density at radius 1 is 0.483 bits per heavy atom. The molecule has 6 aromatic carbocycles. The molecule has 294 valence electrons. The van der Waals surface area contributed by atoms with Crippen LogP contribution in [-0.2, 0) is 10.8 Å². The maximum Gasteiger partial charge on any atom is 0.209 e. The second kappa shape index (κ2) is 15.6. The van der Waals surface area contributed by atoms with Gasteiger partial charge in [0.2, 0.25) is 5.69 Å². The van der Waals surface area contributed by atoms with E-state index in [1.54, 1.807) is 0 Å². The van der Waals surface area contributed by atoms with Crippen LogP contribution in [0, 0.1) is 41.5 Å². The zero-order valence-electron chi connectivity index (χ0n) is 36.9. The first-order valence-electron chi connectivity index (χ1n) is 20.9. The summed E-state index contributed by atoms with van der Waals surface area (Å²) >= 11 is 0. The number of anilines is 1. The van der Waals surface area contributed by atoms with Gasteiger partial charge in [-0.3, -0.25) is 0 Å². The quantitative estimate of drug-likeness (QED) is 0.121. The fourth-order valence-electron chi connectivity index (χ4n) is 9.71. The molecular formula is C55H61BN2. The maximum absolute atomic E-state index is 2.34. The predicted molar refractivity (Wildman–Crippen MR) is 254 cm³/mol. The van der Waals surface area contributed by atoms with Crippen molar-refractivity contribution in [2.75, 3.05) is 19.0 Å². The average molecular weight is 761 g/mol. The summed E-state index contributed by atoms with van der Waals surface area (Å²) in [6.07, 6.45) is 5.55. The van der Waals surface area contributed by atoms with Crippen LogP contribution in [0.3, 0.4) is 0 Å². The van der Waals surface area contributed by atoms with Crippen molar-refractivity contribution in [1.29, 1.82) is 0 Å². The van der Waals surface area contributed by atoms with Gasteiger partial charge in [0, 0.05) is 41.6 Å². The molecule has 0 saturated heterocycles. The van der Waals surface area contributed by atoms with E-state index < -0.39 is 6.15 Å². The van der Waals surface area contributed by atoms with Gasteiger partial charge in [-0.05, 0) is 79.2 Å². The molecule has 0 radical (unpaired) electrons. The minimum atomic E-state index is -1.27. The van der Waals surface area contributed by atoms with E-state index in [-0.39, 0.29) is 10.8 Å². The third kappa shape index (κ3) is 7.21. The Morgan fingerprint density at radius 2 is 0.862 bits per heavy atom. The van der Waals surface area contributed by atoms with E-state index in [2.05, 4.69) is 244 Å². The maximum atomic E-state index is 2.34. The zero-order valence-corrected chi connectivity index (χ0v) is 36.9. The lowest BCUT2D eigenvalue weighted by Gasteiger charge is -2.44. The monoisotopic (exact) mass is 760 g/mol. The van der Waals surface area contributed by atoms with Gasteiger partial charge in [-0.25, -0.2) is 0 Å². The van der Waals surface area contributed by atoms with Gasteiger partial charge in [0.1, 0.15) is 13.2 Å². The number of hydrogen-bond donors (Lipinski definition) is 0. The third-order valence-electron chi connectivity index (χ3n) is 13.2. The van der Waals surface area contributed by atoms with Crippen LogP contribution in [0.4, 0.5) is 11.4 Å². The van der Waals surface area contributed by atoms with Crippen molar-refractivity contribution in [2.45, 2.75) is 80.1 Å². The molecule has 0 N–H and O–H groups in total. The molecule has 0 saturated carbocycles. The summed E-state index contributed by atoms with van der Waals surface area (Å²) in [5.41, 5.74) is 21.3. The Hall–Kier alpha value is -5.67. The molecule has 0 bridgehead atoms. The van der Waals surface area contributed by atoms with Gasteiger partial charge in [-0.15, -0.1) is 0 Å². The van der Waals surface area contributed by atoms with Gasteiger partial charge >= 0.3 is 0 Å². The molecule has 3 heteroatoms. The smallest absolute Gasteiger partial charge is 0.209 e. The Balaban J connectivity index is 0.000000177. The number of likely N-dealkylation sites (N-methyl/N-ethyl adjacent to an activating group) is 1. The summed E-state index contributed by atoms with van der Waals surface area (Å²) < 4.78 is 2.34. The second-order valence-corrected chi connectivity index (χ2v) is 18.2. The van der Waals surface area contributed by atoms with Crippen LogP contribution in [0.25, 0.3) is 0 Å². The van der Waals surface area contributed by atoms with Crippen molar-refractivity contribution in [3.8, 4) is 0 Å². The molecule has 0 atom stereocenters. The first kappa shape index (κ1) is 40.5. The predicted octanol–water partition coefficient (Wildman–Crippen LogP) is 10.5. The fourth-order valence-corrected chi connectivity index (χ4v) is 9.71. The lowest BCUT2D eigenvalue weighted by Crippen LogP contribution is -2.74. The number of aryl methyl sites for hydroxylation is 6. The summed E-state index contributed by atoms with van der Waals surface area (Å²) in [5, 5.41) is 0. The largest absolute Gasteiger partial charge is 0.347 e. The van der Waals surface area contributed by atoms with Crippen LogP contribution in [0.15, 0.2) is 157 Å². The highest BCUT2D eigenvalue weighted by Crippen LogP contribution is 2.47. The highest BCUT2D eigenvalue weighted by atomic mass is 15.2. The molecule has 8 rings (SSSR count). The molecule has 2 nitrogen and oxygen atoms in total. The summed E-state index contributed by atoms with van der Waals surface area (Å²) in [4.78, 5) is 2.34. The number of fused-ring (bicyclic) bond motifs is 2. The van der Waals surface area contributed by atoms with E-state index in [1.807, 2.05) is 0 Å². The molecule has 2 aliphatic heterocycles. The highest BCUT2D eigenvalue weighted by Gasteiger charge is 2.43. The molecular weight excluding hydrogens is 699 g/mol. The topological polar surface area (TPSA) is 6.25 Å². The van der Waals surface area contributed by atoms with E-state index in [0.29, 0.717) is 0 Å². The number of benzene rings is 6. The number of rotatable bonds is 6. The van der Waals surface area contributed by atoms with Gasteiger partial charge in [-0.2, -0.15) is 26.4 Å². The molecule has 58 heavy (non-hydrogen) atoms. The Morgan fingerprint density at radius 3 is 1.29 bits per heavy atom. The molecule has 6 aromatic rings. The lowest BCUT2D eigenvalue weighted by atomic mass is 9.13. The molecule has 0 fully saturated rings. The Bertz CT molecular complexity index is 2360. The fraction of sp³-hybridized carbons (Fsp3) is 0.255. The van der Waals surface area contributed by atoms with Gasteiger partial charge < -0.3 is 4.90 Å². The second-order valence-electron chi connectivity index (χ2n) is 18.2. The number of allylic oxidation sites excluding steroid dienone is 4. The highest BCUT2D eigenvalue weighted by molar-refractivity contribution is 7.19. The summed E-state index contributed by atoms with van der Waals surface area (Å²) in [6.45, 7) is 22.3. The van der Waals surface area contributed by atoms with Gasteiger partial charge in [0.25, 0.3) is 0 Å². The molecule has 0 unspecified atom stereocenters. The molecule has 2 heterocycles. The average Bonchev–Trinajstić information content (AvgIpc) is 3.50. The van der Waals surface area contributed by atoms with Crippen molar-refractivity contribution in [3.63, 3.8) is 0 Å². The third-order valence-corrected chi connectivity index (χ3v) is 13.2. The van der Waals surface area contributed by atoms with E-state index in [1.165, 1.54) is 89.1 Å². The van der Waals surface area contributed by atoms with Crippen molar-refractivity contribution in [2.24, 2.45) is 0 Å². The van der Waals surface area contributed by atoms with E-state index in [4.69, 9.17) is 0 Å². The molecule has 0 amide bonds. The first-order chi connectivity index (χ1) is 27.5. The van der Waals surface area contributed by atoms with Gasteiger partial charge in [0.05, 0.1) is 5.41 Å². The van der Waals surface area contributed by atoms with Crippen LogP contribution in [0.1, 0.15) is 72.2 Å². The summed E-state index contributed by atoms with van der Waals surface area (Å²) in [6, 6.07) is 50.0. The van der Waals surface area contributed by atoms with Crippen LogP contribution in [0.2, 0.25) is 0 Å². The van der Waals surface area contributed by atoms with Gasteiger partial charge in [0.15, 0.2) is 5.71 Å². The van der Waals surface area contributed by atoms with Crippen molar-refractivity contribution >= 4 is 45.1 Å². The molecule has 0 aromatic heterocycles. The summed E-state index contributed by atoms with van der Waals surface area (Å²) in [7, 11) is 4.36. The normalized spacial score (nSPS) is 16.1. The Labute approximate surface area is 349 Å². The van der Waals surface area contributed by atoms with Crippen LogP contribution in [0.5, 0.6) is 0 Å². The molecule has 0 aliphatic carbocycles. The minimum absolute atomic E-state index is 0.00226. The van der Waals surface area contributed by atoms with Gasteiger partial charge in [-0.1, -0.05) is 169 Å². The van der Waals surface area contributed by atoms with Crippen LogP contribution >= 0.6 is 0 Å². The van der Waals surface area contributed by atoms with Crippen molar-refractivity contribution in [3.05, 3.63) is 202 Å². The number of nitrogens with zero attached hydrogens (tertiary/aromatic N) is 2. The first-order valence-corrected chi connectivity index (χ1v) is 20.9. The van der Waals surface area contributed by atoms with Crippen LogP contribution < -0.4 is 26.8 Å².